The van der Waals surface area contributed by atoms with Gasteiger partial charge in [0.15, 0.2) is 0 Å². The fraction of sp³-hybridized carbons (Fsp3) is 0.125. The second-order valence-corrected chi connectivity index (χ2v) is 3.63. The molecule has 0 heterocycles. The molecule has 0 bridgehead atoms. The van der Waals surface area contributed by atoms with Crippen molar-refractivity contribution < 1.29 is 4.39 Å². The predicted octanol–water partition coefficient (Wildman–Crippen LogP) is 1.29. The number of hydrazine groups is 1. The number of hydrogen-bond donors (Lipinski definition) is 3. The SMILES string of the molecule is CN=C(NN)Nc1ccc(F)cc1I. The van der Waals surface area contributed by atoms with Crippen molar-refractivity contribution in [1.82, 2.24) is 5.43 Å². The van der Waals surface area contributed by atoms with Gasteiger partial charge in [0.1, 0.15) is 5.82 Å². The molecule has 76 valence electrons. The molecule has 14 heavy (non-hydrogen) atoms. The molecular weight excluding hydrogens is 298 g/mol. The molecule has 0 atom stereocenters. The Morgan fingerprint density at radius 1 is 1.57 bits per heavy atom. The molecule has 0 fully saturated rings. The van der Waals surface area contributed by atoms with Crippen molar-refractivity contribution in [2.75, 3.05) is 12.4 Å². The van der Waals surface area contributed by atoms with Crippen LogP contribution in [0.25, 0.3) is 0 Å². The zero-order chi connectivity index (χ0) is 10.6. The number of hydrogen-bond acceptors (Lipinski definition) is 2. The Labute approximate surface area is 94.9 Å². The van der Waals surface area contributed by atoms with Crippen LogP contribution in [0, 0.1) is 9.39 Å². The Bertz CT molecular complexity index is 353. The molecule has 0 radical (unpaired) electrons. The van der Waals surface area contributed by atoms with Gasteiger partial charge in [0.2, 0.25) is 5.96 Å². The Hall–Kier alpha value is -0.890. The van der Waals surface area contributed by atoms with Gasteiger partial charge >= 0.3 is 0 Å². The molecule has 4 N–H and O–H groups in total. The van der Waals surface area contributed by atoms with Gasteiger partial charge < -0.3 is 5.32 Å². The first-order chi connectivity index (χ1) is 6.67. The molecule has 0 aromatic heterocycles. The topological polar surface area (TPSA) is 62.4 Å². The third-order valence-electron chi connectivity index (χ3n) is 1.54. The maximum absolute atomic E-state index is 12.7. The summed E-state index contributed by atoms with van der Waals surface area (Å²) in [6.07, 6.45) is 0. The minimum Gasteiger partial charge on any atom is -0.324 e. The highest BCUT2D eigenvalue weighted by atomic mass is 127. The molecule has 1 rings (SSSR count). The molecule has 0 saturated heterocycles. The highest BCUT2D eigenvalue weighted by Gasteiger charge is 2.02. The Kier molecular flexibility index (Phi) is 4.08. The lowest BCUT2D eigenvalue weighted by molar-refractivity contribution is 0.627. The van der Waals surface area contributed by atoms with E-state index in [1.54, 1.807) is 13.1 Å². The van der Waals surface area contributed by atoms with Crippen molar-refractivity contribution >= 4 is 34.2 Å². The molecule has 0 spiro atoms. The smallest absolute Gasteiger partial charge is 0.210 e. The van der Waals surface area contributed by atoms with Gasteiger partial charge in [-0.15, -0.1) is 0 Å². The van der Waals surface area contributed by atoms with Crippen LogP contribution in [0.3, 0.4) is 0 Å². The van der Waals surface area contributed by atoms with E-state index in [0.29, 0.717) is 5.96 Å². The number of nitrogens with one attached hydrogen (secondary N) is 2. The third kappa shape index (κ3) is 2.81. The van der Waals surface area contributed by atoms with Crippen LogP contribution in [0.2, 0.25) is 0 Å². The molecule has 4 nitrogen and oxygen atoms in total. The normalized spacial score (nSPS) is 11.3. The van der Waals surface area contributed by atoms with Gasteiger partial charge in [-0.25, -0.2) is 10.2 Å². The first-order valence-electron chi connectivity index (χ1n) is 3.83. The maximum Gasteiger partial charge on any atom is 0.210 e. The number of aliphatic imine (C=N–C) groups is 1. The van der Waals surface area contributed by atoms with E-state index in [1.807, 2.05) is 22.6 Å². The molecule has 0 aliphatic heterocycles. The number of anilines is 1. The average Bonchev–Trinajstić information content (AvgIpc) is 2.17. The molecule has 1 aromatic carbocycles. The predicted molar refractivity (Wildman–Crippen MR) is 63.4 cm³/mol. The molecule has 0 unspecified atom stereocenters. The van der Waals surface area contributed by atoms with Gasteiger partial charge in [-0.3, -0.25) is 10.4 Å². The van der Waals surface area contributed by atoms with E-state index in [-0.39, 0.29) is 5.82 Å². The summed E-state index contributed by atoms with van der Waals surface area (Å²) in [5.41, 5.74) is 3.14. The van der Waals surface area contributed by atoms with Gasteiger partial charge in [-0.2, -0.15) is 0 Å². The van der Waals surface area contributed by atoms with Crippen LogP contribution < -0.4 is 16.6 Å². The van der Waals surface area contributed by atoms with Crippen molar-refractivity contribution in [1.29, 1.82) is 0 Å². The van der Waals surface area contributed by atoms with Crippen molar-refractivity contribution in [3.05, 3.63) is 27.6 Å². The summed E-state index contributed by atoms with van der Waals surface area (Å²) in [4.78, 5) is 3.84. The van der Waals surface area contributed by atoms with Gasteiger partial charge in [0.05, 0.1) is 5.69 Å². The van der Waals surface area contributed by atoms with E-state index in [4.69, 9.17) is 5.84 Å². The summed E-state index contributed by atoms with van der Waals surface area (Å²) < 4.78 is 13.5. The second kappa shape index (κ2) is 5.11. The van der Waals surface area contributed by atoms with Gasteiger partial charge in [0, 0.05) is 10.6 Å². The minimum atomic E-state index is -0.268. The Morgan fingerprint density at radius 2 is 2.29 bits per heavy atom. The summed E-state index contributed by atoms with van der Waals surface area (Å²) in [6, 6.07) is 4.42. The molecule has 0 amide bonds. The van der Waals surface area contributed by atoms with Gasteiger partial charge in [-0.1, -0.05) is 0 Å². The lowest BCUT2D eigenvalue weighted by atomic mass is 10.3. The third-order valence-corrected chi connectivity index (χ3v) is 2.44. The van der Waals surface area contributed by atoms with E-state index < -0.39 is 0 Å². The van der Waals surface area contributed by atoms with E-state index in [0.717, 1.165) is 9.26 Å². The van der Waals surface area contributed by atoms with Crippen LogP contribution in [0.15, 0.2) is 23.2 Å². The van der Waals surface area contributed by atoms with Gasteiger partial charge in [-0.05, 0) is 40.8 Å². The van der Waals surface area contributed by atoms with E-state index in [1.165, 1.54) is 12.1 Å². The lowest BCUT2D eigenvalue weighted by Crippen LogP contribution is -2.36. The summed E-state index contributed by atoms with van der Waals surface area (Å²) >= 11 is 2.03. The fourth-order valence-electron chi connectivity index (χ4n) is 0.875. The Balaban J connectivity index is 2.87. The summed E-state index contributed by atoms with van der Waals surface area (Å²) in [7, 11) is 1.60. The fourth-order valence-corrected chi connectivity index (χ4v) is 1.49. The summed E-state index contributed by atoms with van der Waals surface area (Å²) in [5, 5.41) is 2.91. The van der Waals surface area contributed by atoms with Crippen LogP contribution in [0.1, 0.15) is 0 Å². The summed E-state index contributed by atoms with van der Waals surface area (Å²) in [5.74, 6) is 5.35. The second-order valence-electron chi connectivity index (χ2n) is 2.47. The van der Waals surface area contributed by atoms with Crippen LogP contribution in [0.4, 0.5) is 10.1 Å². The van der Waals surface area contributed by atoms with Crippen LogP contribution >= 0.6 is 22.6 Å². The number of benzene rings is 1. The van der Waals surface area contributed by atoms with E-state index >= 15 is 0 Å². The summed E-state index contributed by atoms with van der Waals surface area (Å²) in [6.45, 7) is 0. The zero-order valence-corrected chi connectivity index (χ0v) is 9.67. The first-order valence-corrected chi connectivity index (χ1v) is 4.90. The molecular formula is C8H10FIN4. The van der Waals surface area contributed by atoms with Gasteiger partial charge in [0.25, 0.3) is 0 Å². The molecule has 0 aliphatic carbocycles. The standard InChI is InChI=1S/C8H10FIN4/c1-12-8(14-11)13-7-3-2-5(9)4-6(7)10/h2-4H,11H2,1H3,(H2,12,13,14). The number of nitrogens with zero attached hydrogens (tertiary/aromatic N) is 1. The maximum atomic E-state index is 12.7. The van der Waals surface area contributed by atoms with E-state index in [9.17, 15) is 4.39 Å². The van der Waals surface area contributed by atoms with Crippen LogP contribution in [-0.4, -0.2) is 13.0 Å². The quantitative estimate of drug-likeness (QED) is 0.241. The molecule has 6 heteroatoms. The number of nitrogens with two attached hydrogens (primary N) is 1. The largest absolute Gasteiger partial charge is 0.324 e. The van der Waals surface area contributed by atoms with Crippen molar-refractivity contribution in [3.63, 3.8) is 0 Å². The molecule has 0 aliphatic rings. The first kappa shape index (κ1) is 11.2. The number of rotatable bonds is 1. The van der Waals surface area contributed by atoms with Crippen molar-refractivity contribution in [2.24, 2.45) is 10.8 Å². The molecule has 0 saturated carbocycles. The lowest BCUT2D eigenvalue weighted by Gasteiger charge is -2.09. The van der Waals surface area contributed by atoms with E-state index in [2.05, 4.69) is 15.7 Å². The average molecular weight is 308 g/mol. The highest BCUT2D eigenvalue weighted by molar-refractivity contribution is 14.1. The van der Waals surface area contributed by atoms with Crippen LogP contribution in [0.5, 0.6) is 0 Å². The van der Waals surface area contributed by atoms with Crippen LogP contribution in [-0.2, 0) is 0 Å². The monoisotopic (exact) mass is 308 g/mol. The Morgan fingerprint density at radius 3 is 2.79 bits per heavy atom. The van der Waals surface area contributed by atoms with Crippen molar-refractivity contribution in [3.8, 4) is 0 Å². The van der Waals surface area contributed by atoms with Crippen molar-refractivity contribution in [2.45, 2.75) is 0 Å². The molecule has 1 aromatic rings. The number of halogens is 2. The zero-order valence-electron chi connectivity index (χ0n) is 7.51. The minimum absolute atomic E-state index is 0.268. The highest BCUT2D eigenvalue weighted by Crippen LogP contribution is 2.18. The number of guanidine groups is 1.